The third-order valence-corrected chi connectivity index (χ3v) is 5.75. The lowest BCUT2D eigenvalue weighted by Gasteiger charge is -2.39. The topological polar surface area (TPSA) is 17.1 Å². The zero-order valence-electron chi connectivity index (χ0n) is 6.85. The molecule has 4 atom stereocenters. The minimum atomic E-state index is -0.340. The number of carbonyl (C=O) groups excluding carboxylic acids is 1. The molecule has 1 rings (SSSR count). The van der Waals surface area contributed by atoms with Gasteiger partial charge in [0.2, 0.25) is 0 Å². The Morgan fingerprint density at radius 1 is 1.54 bits per heavy atom. The molecule has 13 heavy (non-hydrogen) atoms. The predicted octanol–water partition coefficient (Wildman–Crippen LogP) is 3.18. The van der Waals surface area contributed by atoms with Gasteiger partial charge in [0.05, 0.1) is 9.70 Å². The largest absolute Gasteiger partial charge is 0.303 e. The number of aldehydes is 1. The third-order valence-electron chi connectivity index (χ3n) is 2.43. The van der Waals surface area contributed by atoms with Gasteiger partial charge in [0.25, 0.3) is 0 Å². The van der Waals surface area contributed by atoms with Crippen molar-refractivity contribution >= 4 is 57.0 Å². The van der Waals surface area contributed by atoms with E-state index in [1.165, 1.54) is 0 Å². The van der Waals surface area contributed by atoms with Crippen molar-refractivity contribution in [3.63, 3.8) is 0 Å². The maximum absolute atomic E-state index is 10.7. The van der Waals surface area contributed by atoms with Crippen molar-refractivity contribution < 1.29 is 4.79 Å². The van der Waals surface area contributed by atoms with Gasteiger partial charge in [-0.3, -0.25) is 0 Å². The van der Waals surface area contributed by atoms with E-state index in [0.29, 0.717) is 18.7 Å². The Hall–Kier alpha value is 1.02. The van der Waals surface area contributed by atoms with E-state index < -0.39 is 0 Å². The quantitative estimate of drug-likeness (QED) is 0.565. The third kappa shape index (κ3) is 2.53. The van der Waals surface area contributed by atoms with E-state index in [1.807, 2.05) is 0 Å². The highest BCUT2D eigenvalue weighted by Gasteiger charge is 2.44. The molecule has 0 radical (unpaired) electrons. The van der Waals surface area contributed by atoms with Gasteiger partial charge in [0.1, 0.15) is 6.29 Å². The fourth-order valence-electron chi connectivity index (χ4n) is 1.50. The molecule has 0 aromatic carbocycles. The zero-order chi connectivity index (χ0) is 10.1. The molecule has 1 aliphatic carbocycles. The Morgan fingerprint density at radius 2 is 2.15 bits per heavy atom. The molecule has 0 aliphatic heterocycles. The Labute approximate surface area is 101 Å². The summed E-state index contributed by atoms with van der Waals surface area (Å²) < 4.78 is -0.340. The first-order valence-electron chi connectivity index (χ1n) is 4.02. The van der Waals surface area contributed by atoms with Gasteiger partial charge in [0, 0.05) is 17.2 Å². The first-order chi connectivity index (χ1) is 6.03. The summed E-state index contributed by atoms with van der Waals surface area (Å²) in [7, 11) is 0. The molecule has 0 saturated heterocycles. The van der Waals surface area contributed by atoms with Crippen molar-refractivity contribution in [2.75, 3.05) is 5.88 Å². The molecule has 0 N–H and O–H groups in total. The highest BCUT2D eigenvalue weighted by Crippen LogP contribution is 2.44. The SMILES string of the molecule is O=CC1CC(Br)(CCl)C(Cl)CC1Cl. The normalized spacial score (nSPS) is 46.0. The second kappa shape index (κ2) is 4.69. The molecule has 1 nitrogen and oxygen atoms in total. The molecule has 0 aromatic rings. The molecule has 1 fully saturated rings. The highest BCUT2D eigenvalue weighted by molar-refractivity contribution is 9.10. The first-order valence-corrected chi connectivity index (χ1v) is 6.22. The molecule has 5 heteroatoms. The average molecular weight is 308 g/mol. The van der Waals surface area contributed by atoms with E-state index in [1.54, 1.807) is 0 Å². The Balaban J connectivity index is 2.74. The van der Waals surface area contributed by atoms with Crippen molar-refractivity contribution in [3.8, 4) is 0 Å². The van der Waals surface area contributed by atoms with Gasteiger partial charge >= 0.3 is 0 Å². The lowest BCUT2D eigenvalue weighted by molar-refractivity contribution is -0.111. The lowest BCUT2D eigenvalue weighted by Crippen LogP contribution is -2.45. The molecular formula is C8H10BrCl3O. The predicted molar refractivity (Wildman–Crippen MR) is 60.4 cm³/mol. The smallest absolute Gasteiger partial charge is 0.124 e. The van der Waals surface area contributed by atoms with E-state index in [4.69, 9.17) is 34.8 Å². The molecular weight excluding hydrogens is 298 g/mol. The summed E-state index contributed by atoms with van der Waals surface area (Å²) >= 11 is 21.4. The van der Waals surface area contributed by atoms with Crippen LogP contribution in [0.3, 0.4) is 0 Å². The Morgan fingerprint density at radius 3 is 2.62 bits per heavy atom. The summed E-state index contributed by atoms with van der Waals surface area (Å²) in [6, 6.07) is 0. The molecule has 1 saturated carbocycles. The highest BCUT2D eigenvalue weighted by atomic mass is 79.9. The van der Waals surface area contributed by atoms with Crippen LogP contribution in [0, 0.1) is 5.92 Å². The number of hydrogen-bond acceptors (Lipinski definition) is 1. The molecule has 76 valence electrons. The molecule has 0 aromatic heterocycles. The summed E-state index contributed by atoms with van der Waals surface area (Å²) in [4.78, 5) is 10.7. The summed E-state index contributed by atoms with van der Waals surface area (Å²) in [6.45, 7) is 0. The van der Waals surface area contributed by atoms with Crippen LogP contribution in [-0.4, -0.2) is 27.2 Å². The molecule has 4 unspecified atom stereocenters. The van der Waals surface area contributed by atoms with Crippen LogP contribution in [0.15, 0.2) is 0 Å². The molecule has 0 amide bonds. The fraction of sp³-hybridized carbons (Fsp3) is 0.875. The van der Waals surface area contributed by atoms with Crippen LogP contribution in [0.1, 0.15) is 12.8 Å². The first kappa shape index (κ1) is 12.1. The summed E-state index contributed by atoms with van der Waals surface area (Å²) in [6.07, 6.45) is 2.12. The van der Waals surface area contributed by atoms with Crippen molar-refractivity contribution in [1.82, 2.24) is 0 Å². The van der Waals surface area contributed by atoms with Crippen molar-refractivity contribution in [3.05, 3.63) is 0 Å². The van der Waals surface area contributed by atoms with Crippen LogP contribution in [0.2, 0.25) is 0 Å². The van der Waals surface area contributed by atoms with E-state index >= 15 is 0 Å². The van der Waals surface area contributed by atoms with Crippen molar-refractivity contribution in [2.45, 2.75) is 27.9 Å². The second-order valence-corrected chi connectivity index (χ2v) is 6.33. The van der Waals surface area contributed by atoms with E-state index in [2.05, 4.69) is 15.9 Å². The summed E-state index contributed by atoms with van der Waals surface area (Å²) in [5, 5.41) is -0.266. The van der Waals surface area contributed by atoms with E-state index in [-0.39, 0.29) is 21.0 Å². The van der Waals surface area contributed by atoms with Gasteiger partial charge in [0.15, 0.2) is 0 Å². The lowest BCUT2D eigenvalue weighted by atomic mass is 9.82. The van der Waals surface area contributed by atoms with Crippen LogP contribution in [-0.2, 0) is 4.79 Å². The monoisotopic (exact) mass is 306 g/mol. The van der Waals surface area contributed by atoms with Gasteiger partial charge in [-0.2, -0.15) is 0 Å². The van der Waals surface area contributed by atoms with Crippen LogP contribution >= 0.6 is 50.7 Å². The van der Waals surface area contributed by atoms with Gasteiger partial charge in [-0.25, -0.2) is 0 Å². The van der Waals surface area contributed by atoms with Gasteiger partial charge in [-0.15, -0.1) is 34.8 Å². The molecule has 0 heterocycles. The van der Waals surface area contributed by atoms with Gasteiger partial charge in [-0.1, -0.05) is 15.9 Å². The van der Waals surface area contributed by atoms with Gasteiger partial charge in [-0.05, 0) is 12.8 Å². The minimum absolute atomic E-state index is 0.108. The van der Waals surface area contributed by atoms with Crippen LogP contribution in [0.5, 0.6) is 0 Å². The molecule has 0 spiro atoms. The van der Waals surface area contributed by atoms with Crippen LogP contribution < -0.4 is 0 Å². The van der Waals surface area contributed by atoms with Crippen LogP contribution in [0.25, 0.3) is 0 Å². The summed E-state index contributed by atoms with van der Waals surface area (Å²) in [5.41, 5.74) is 0. The summed E-state index contributed by atoms with van der Waals surface area (Å²) in [5.74, 6) is 0.254. The zero-order valence-corrected chi connectivity index (χ0v) is 10.7. The number of carbonyl (C=O) groups is 1. The number of halogens is 4. The second-order valence-electron chi connectivity index (χ2n) is 3.39. The van der Waals surface area contributed by atoms with Crippen molar-refractivity contribution in [1.29, 1.82) is 0 Å². The fourth-order valence-corrected chi connectivity index (χ4v) is 3.21. The van der Waals surface area contributed by atoms with Crippen molar-refractivity contribution in [2.24, 2.45) is 5.92 Å². The molecule has 0 bridgehead atoms. The van der Waals surface area contributed by atoms with E-state index in [0.717, 1.165) is 6.29 Å². The average Bonchev–Trinajstić information content (AvgIpc) is 2.11. The van der Waals surface area contributed by atoms with E-state index in [9.17, 15) is 4.79 Å². The Bertz CT molecular complexity index is 202. The van der Waals surface area contributed by atoms with Crippen LogP contribution in [0.4, 0.5) is 0 Å². The Kier molecular flexibility index (Phi) is 4.37. The number of hydrogen-bond donors (Lipinski definition) is 0. The maximum atomic E-state index is 10.7. The standard InChI is InChI=1S/C8H10BrCl3O/c9-8(4-10)2-5(3-13)6(11)1-7(8)12/h3,5-7H,1-2,4H2. The number of rotatable bonds is 2. The maximum Gasteiger partial charge on any atom is 0.124 e. The minimum Gasteiger partial charge on any atom is -0.303 e. The van der Waals surface area contributed by atoms with Gasteiger partial charge < -0.3 is 4.79 Å². The molecule has 1 aliphatic rings. The number of alkyl halides is 4.